The van der Waals surface area contributed by atoms with Gasteiger partial charge in [0.15, 0.2) is 0 Å². The average Bonchev–Trinajstić information content (AvgIpc) is 2.47. The zero-order chi connectivity index (χ0) is 12.4. The van der Waals surface area contributed by atoms with Crippen molar-refractivity contribution in [1.29, 1.82) is 0 Å². The van der Waals surface area contributed by atoms with Gasteiger partial charge >= 0.3 is 0 Å². The van der Waals surface area contributed by atoms with E-state index in [0.717, 1.165) is 12.3 Å². The average molecular weight is 243 g/mol. The first-order valence-corrected chi connectivity index (χ1v) is 6.96. The molecule has 1 atom stereocenters. The Balaban J connectivity index is 1.89. The minimum atomic E-state index is 0.444. The van der Waals surface area contributed by atoms with Crippen LogP contribution in [-0.4, -0.2) is 13.7 Å². The van der Waals surface area contributed by atoms with Crippen molar-refractivity contribution in [3.63, 3.8) is 0 Å². The number of hydrogen-bond donors (Lipinski definition) is 1. The maximum absolute atomic E-state index is 5.23. The molecule has 96 valence electrons. The molecule has 1 aliphatic carbocycles. The Labute approximate surface area is 109 Å². The van der Waals surface area contributed by atoms with E-state index in [0.29, 0.717) is 6.04 Å². The summed E-state index contributed by atoms with van der Waals surface area (Å²) in [6.45, 7) is 1.12. The standard InChI is InChI=1S/C16H21NO/c1-18-14-8-6-13(7-9-14)16-15-5-3-2-4-12(15)10-11-17-16/h6-9,16-17H,2-5,10-11H2,1H3. The molecular weight excluding hydrogens is 222 g/mol. The number of hydrogen-bond acceptors (Lipinski definition) is 2. The largest absolute Gasteiger partial charge is 0.497 e. The van der Waals surface area contributed by atoms with Crippen LogP contribution in [0.1, 0.15) is 43.7 Å². The Morgan fingerprint density at radius 2 is 1.83 bits per heavy atom. The lowest BCUT2D eigenvalue weighted by atomic mass is 9.81. The van der Waals surface area contributed by atoms with Crippen LogP contribution in [0.2, 0.25) is 0 Å². The Morgan fingerprint density at radius 3 is 2.61 bits per heavy atom. The maximum atomic E-state index is 5.23. The molecule has 1 aromatic rings. The predicted molar refractivity (Wildman–Crippen MR) is 73.8 cm³/mol. The topological polar surface area (TPSA) is 21.3 Å². The van der Waals surface area contributed by atoms with Gasteiger partial charge in [0.2, 0.25) is 0 Å². The summed E-state index contributed by atoms with van der Waals surface area (Å²) in [5.41, 5.74) is 4.77. The molecule has 0 radical (unpaired) electrons. The van der Waals surface area contributed by atoms with E-state index in [-0.39, 0.29) is 0 Å². The molecule has 0 saturated heterocycles. The van der Waals surface area contributed by atoms with E-state index in [4.69, 9.17) is 4.74 Å². The lowest BCUT2D eigenvalue weighted by Crippen LogP contribution is -2.31. The molecule has 0 aromatic heterocycles. The third kappa shape index (κ3) is 2.17. The highest BCUT2D eigenvalue weighted by Gasteiger charge is 2.25. The van der Waals surface area contributed by atoms with E-state index in [1.54, 1.807) is 18.3 Å². The summed E-state index contributed by atoms with van der Waals surface area (Å²) < 4.78 is 5.23. The summed E-state index contributed by atoms with van der Waals surface area (Å²) in [6.07, 6.45) is 6.59. The van der Waals surface area contributed by atoms with Gasteiger partial charge in [0.1, 0.15) is 5.75 Å². The van der Waals surface area contributed by atoms with Crippen LogP contribution in [0.3, 0.4) is 0 Å². The molecule has 3 rings (SSSR count). The molecule has 2 aliphatic rings. The fourth-order valence-electron chi connectivity index (χ4n) is 3.23. The summed E-state index contributed by atoms with van der Waals surface area (Å²) in [5.74, 6) is 0.937. The van der Waals surface area contributed by atoms with Crippen molar-refractivity contribution in [3.05, 3.63) is 41.0 Å². The molecule has 1 heterocycles. The molecule has 0 bridgehead atoms. The normalized spacial score (nSPS) is 23.7. The van der Waals surface area contributed by atoms with E-state index in [1.807, 2.05) is 0 Å². The molecule has 1 N–H and O–H groups in total. The quantitative estimate of drug-likeness (QED) is 0.801. The molecule has 1 aliphatic heterocycles. The van der Waals surface area contributed by atoms with Crippen LogP contribution < -0.4 is 10.1 Å². The van der Waals surface area contributed by atoms with Gasteiger partial charge in [0.25, 0.3) is 0 Å². The van der Waals surface area contributed by atoms with E-state index in [9.17, 15) is 0 Å². The van der Waals surface area contributed by atoms with Crippen LogP contribution in [0.4, 0.5) is 0 Å². The van der Waals surface area contributed by atoms with Gasteiger partial charge in [-0.2, -0.15) is 0 Å². The van der Waals surface area contributed by atoms with Gasteiger partial charge in [-0.05, 0) is 61.9 Å². The van der Waals surface area contributed by atoms with Crippen LogP contribution in [-0.2, 0) is 0 Å². The minimum absolute atomic E-state index is 0.444. The molecule has 0 amide bonds. The first-order valence-electron chi connectivity index (χ1n) is 6.96. The van der Waals surface area contributed by atoms with Gasteiger partial charge in [-0.1, -0.05) is 17.7 Å². The van der Waals surface area contributed by atoms with Crippen LogP contribution >= 0.6 is 0 Å². The lowest BCUT2D eigenvalue weighted by Gasteiger charge is -2.33. The van der Waals surface area contributed by atoms with Gasteiger partial charge in [-0.15, -0.1) is 0 Å². The van der Waals surface area contributed by atoms with Crippen molar-refractivity contribution in [1.82, 2.24) is 5.32 Å². The number of methoxy groups -OCH3 is 1. The summed E-state index contributed by atoms with van der Waals surface area (Å²) >= 11 is 0. The first kappa shape index (κ1) is 11.8. The van der Waals surface area contributed by atoms with Gasteiger partial charge in [-0.3, -0.25) is 0 Å². The minimum Gasteiger partial charge on any atom is -0.497 e. The fourth-order valence-corrected chi connectivity index (χ4v) is 3.23. The Kier molecular flexibility index (Phi) is 3.37. The summed E-state index contributed by atoms with van der Waals surface area (Å²) in [4.78, 5) is 0. The van der Waals surface area contributed by atoms with Crippen molar-refractivity contribution >= 4 is 0 Å². The van der Waals surface area contributed by atoms with Crippen molar-refractivity contribution in [2.24, 2.45) is 0 Å². The molecular formula is C16H21NO. The number of benzene rings is 1. The lowest BCUT2D eigenvalue weighted by molar-refractivity contribution is 0.414. The third-order valence-corrected chi connectivity index (χ3v) is 4.20. The summed E-state index contributed by atoms with van der Waals surface area (Å²) in [7, 11) is 1.72. The second kappa shape index (κ2) is 5.15. The van der Waals surface area contributed by atoms with Gasteiger partial charge < -0.3 is 10.1 Å². The maximum Gasteiger partial charge on any atom is 0.118 e. The number of nitrogens with one attached hydrogen (secondary N) is 1. The Hall–Kier alpha value is -1.28. The molecule has 18 heavy (non-hydrogen) atoms. The Morgan fingerprint density at radius 1 is 1.06 bits per heavy atom. The van der Waals surface area contributed by atoms with Crippen LogP contribution in [0.25, 0.3) is 0 Å². The molecule has 2 heteroatoms. The zero-order valence-corrected chi connectivity index (χ0v) is 11.0. The first-order chi connectivity index (χ1) is 8.88. The highest BCUT2D eigenvalue weighted by atomic mass is 16.5. The molecule has 0 saturated carbocycles. The SMILES string of the molecule is COc1ccc(C2NCCC3=C2CCCC3)cc1. The third-order valence-electron chi connectivity index (χ3n) is 4.20. The zero-order valence-electron chi connectivity index (χ0n) is 11.0. The Bertz CT molecular complexity index is 443. The van der Waals surface area contributed by atoms with Crippen molar-refractivity contribution in [2.75, 3.05) is 13.7 Å². The van der Waals surface area contributed by atoms with Gasteiger partial charge in [0.05, 0.1) is 13.2 Å². The smallest absolute Gasteiger partial charge is 0.118 e. The van der Waals surface area contributed by atoms with Crippen molar-refractivity contribution in [3.8, 4) is 5.75 Å². The van der Waals surface area contributed by atoms with E-state index >= 15 is 0 Å². The van der Waals surface area contributed by atoms with E-state index < -0.39 is 0 Å². The number of ether oxygens (including phenoxy) is 1. The van der Waals surface area contributed by atoms with Crippen LogP contribution in [0.5, 0.6) is 5.75 Å². The van der Waals surface area contributed by atoms with Crippen LogP contribution in [0, 0.1) is 0 Å². The van der Waals surface area contributed by atoms with Gasteiger partial charge in [-0.25, -0.2) is 0 Å². The fraction of sp³-hybridized carbons (Fsp3) is 0.500. The molecule has 1 unspecified atom stereocenters. The number of rotatable bonds is 2. The second-order valence-electron chi connectivity index (χ2n) is 5.25. The van der Waals surface area contributed by atoms with Crippen molar-refractivity contribution < 1.29 is 4.74 Å². The summed E-state index contributed by atoms with van der Waals surface area (Å²) in [6, 6.07) is 8.96. The monoisotopic (exact) mass is 243 g/mol. The highest BCUT2D eigenvalue weighted by molar-refractivity contribution is 5.37. The highest BCUT2D eigenvalue weighted by Crippen LogP contribution is 2.38. The molecule has 1 aromatic carbocycles. The molecule has 2 nitrogen and oxygen atoms in total. The van der Waals surface area contributed by atoms with Crippen LogP contribution in [0.15, 0.2) is 35.4 Å². The predicted octanol–water partition coefficient (Wildman–Crippen LogP) is 3.60. The second-order valence-corrected chi connectivity index (χ2v) is 5.25. The van der Waals surface area contributed by atoms with Crippen molar-refractivity contribution in [2.45, 2.75) is 38.1 Å². The van der Waals surface area contributed by atoms with E-state index in [1.165, 1.54) is 37.7 Å². The summed E-state index contributed by atoms with van der Waals surface area (Å²) in [5, 5.41) is 3.67. The van der Waals surface area contributed by atoms with E-state index in [2.05, 4.69) is 29.6 Å². The van der Waals surface area contributed by atoms with Gasteiger partial charge in [0, 0.05) is 0 Å². The molecule has 0 spiro atoms. The molecule has 0 fully saturated rings.